The monoisotopic (exact) mass is 333 g/mol. The molecule has 130 valence electrons. The van der Waals surface area contributed by atoms with E-state index < -0.39 is 0 Å². The zero-order valence-electron chi connectivity index (χ0n) is 14.2. The Kier molecular flexibility index (Phi) is 6.96. The van der Waals surface area contributed by atoms with Gasteiger partial charge in [-0.25, -0.2) is 9.97 Å². The minimum Gasteiger partial charge on any atom is -0.475 e. The molecule has 0 aliphatic heterocycles. The van der Waals surface area contributed by atoms with Gasteiger partial charge in [-0.2, -0.15) is 5.10 Å². The molecular formula is C15H23N7O2. The first-order valence-corrected chi connectivity index (χ1v) is 7.57. The first-order valence-electron chi connectivity index (χ1n) is 7.57. The number of aryl methyl sites for hydroxylation is 1. The number of pyridine rings is 1. The van der Waals surface area contributed by atoms with Crippen molar-refractivity contribution >= 4 is 5.96 Å². The number of nitrogens with zero attached hydrogens (tertiary/aromatic N) is 5. The molecule has 0 aliphatic carbocycles. The van der Waals surface area contributed by atoms with Gasteiger partial charge in [0.1, 0.15) is 18.8 Å². The lowest BCUT2D eigenvalue weighted by Gasteiger charge is -2.11. The average molecular weight is 333 g/mol. The lowest BCUT2D eigenvalue weighted by atomic mass is 10.3. The predicted octanol–water partition coefficient (Wildman–Crippen LogP) is 0.101. The van der Waals surface area contributed by atoms with Crippen LogP contribution in [0.15, 0.2) is 29.6 Å². The fourth-order valence-corrected chi connectivity index (χ4v) is 1.88. The van der Waals surface area contributed by atoms with Crippen LogP contribution in [0, 0.1) is 0 Å². The smallest absolute Gasteiger partial charge is 0.213 e. The summed E-state index contributed by atoms with van der Waals surface area (Å²) in [5.74, 6) is 2.09. The van der Waals surface area contributed by atoms with Crippen molar-refractivity contribution in [1.82, 2.24) is 30.4 Å². The van der Waals surface area contributed by atoms with Crippen molar-refractivity contribution < 1.29 is 9.47 Å². The molecule has 0 saturated heterocycles. The van der Waals surface area contributed by atoms with E-state index in [1.54, 1.807) is 25.0 Å². The van der Waals surface area contributed by atoms with Crippen molar-refractivity contribution in [2.24, 2.45) is 12.0 Å². The summed E-state index contributed by atoms with van der Waals surface area (Å²) in [5, 5.41) is 10.4. The van der Waals surface area contributed by atoms with Gasteiger partial charge in [0.25, 0.3) is 0 Å². The average Bonchev–Trinajstić information content (AvgIpc) is 3.01. The van der Waals surface area contributed by atoms with Crippen LogP contribution in [0.2, 0.25) is 0 Å². The summed E-state index contributed by atoms with van der Waals surface area (Å²) in [4.78, 5) is 12.6. The summed E-state index contributed by atoms with van der Waals surface area (Å²) in [5.41, 5.74) is 1.02. The van der Waals surface area contributed by atoms with Crippen LogP contribution >= 0.6 is 0 Å². The molecule has 0 aromatic carbocycles. The Morgan fingerprint density at radius 3 is 2.67 bits per heavy atom. The highest BCUT2D eigenvalue weighted by atomic mass is 16.5. The van der Waals surface area contributed by atoms with E-state index in [1.807, 2.05) is 19.2 Å². The molecule has 0 amide bonds. The Morgan fingerprint density at radius 1 is 1.21 bits per heavy atom. The number of hydrogen-bond donors (Lipinski definition) is 2. The second-order valence-electron chi connectivity index (χ2n) is 4.93. The van der Waals surface area contributed by atoms with Gasteiger partial charge >= 0.3 is 0 Å². The van der Waals surface area contributed by atoms with Crippen molar-refractivity contribution in [3.05, 3.63) is 36.0 Å². The maximum Gasteiger partial charge on any atom is 0.213 e. The number of rotatable bonds is 8. The first-order chi connectivity index (χ1) is 11.7. The van der Waals surface area contributed by atoms with Crippen LogP contribution in [0.5, 0.6) is 5.88 Å². The summed E-state index contributed by atoms with van der Waals surface area (Å²) in [6, 6.07) is 3.79. The standard InChI is InChI=1S/C15H23N7O2/c1-16-15(19-10-13-20-11-21-22(13)2)18-9-12-4-5-14(17-8-12)24-7-6-23-3/h4-5,8,11H,6-7,9-10H2,1-3H3,(H2,16,18,19). The molecule has 24 heavy (non-hydrogen) atoms. The topological polar surface area (TPSA) is 98.5 Å². The van der Waals surface area contributed by atoms with Gasteiger partial charge in [0, 0.05) is 40.0 Å². The summed E-state index contributed by atoms with van der Waals surface area (Å²) in [7, 11) is 5.20. The molecule has 0 bridgehead atoms. The lowest BCUT2D eigenvalue weighted by Crippen LogP contribution is -2.36. The third-order valence-electron chi connectivity index (χ3n) is 3.24. The van der Waals surface area contributed by atoms with Crippen LogP contribution in [0.4, 0.5) is 0 Å². The van der Waals surface area contributed by atoms with E-state index in [4.69, 9.17) is 9.47 Å². The number of nitrogens with one attached hydrogen (secondary N) is 2. The summed E-state index contributed by atoms with van der Waals surface area (Å²) in [6.45, 7) is 2.17. The first kappa shape index (κ1) is 17.7. The minimum atomic E-state index is 0.486. The maximum atomic E-state index is 5.43. The van der Waals surface area contributed by atoms with E-state index in [1.165, 1.54) is 6.33 Å². The molecule has 2 N–H and O–H groups in total. The molecule has 0 fully saturated rings. The Balaban J connectivity index is 1.77. The van der Waals surface area contributed by atoms with Gasteiger partial charge < -0.3 is 20.1 Å². The van der Waals surface area contributed by atoms with Crippen LogP contribution < -0.4 is 15.4 Å². The summed E-state index contributed by atoms with van der Waals surface area (Å²) in [6.07, 6.45) is 3.29. The number of aliphatic imine (C=N–C) groups is 1. The SMILES string of the molecule is CN=C(NCc1ccc(OCCOC)nc1)NCc1ncnn1C. The quantitative estimate of drug-likeness (QED) is 0.402. The van der Waals surface area contributed by atoms with Gasteiger partial charge in [-0.3, -0.25) is 9.67 Å². The number of aromatic nitrogens is 4. The lowest BCUT2D eigenvalue weighted by molar-refractivity contribution is 0.143. The maximum absolute atomic E-state index is 5.43. The van der Waals surface area contributed by atoms with Crippen molar-refractivity contribution in [1.29, 1.82) is 0 Å². The molecule has 0 unspecified atom stereocenters. The van der Waals surface area contributed by atoms with Crippen molar-refractivity contribution in [3.8, 4) is 5.88 Å². The molecule has 0 atom stereocenters. The van der Waals surface area contributed by atoms with Crippen LogP contribution in [0.25, 0.3) is 0 Å². The van der Waals surface area contributed by atoms with E-state index in [-0.39, 0.29) is 0 Å². The Hall–Kier alpha value is -2.68. The predicted molar refractivity (Wildman–Crippen MR) is 89.6 cm³/mol. The zero-order chi connectivity index (χ0) is 17.2. The van der Waals surface area contributed by atoms with Gasteiger partial charge in [0.05, 0.1) is 13.2 Å². The fourth-order valence-electron chi connectivity index (χ4n) is 1.88. The molecule has 2 heterocycles. The molecule has 2 aromatic rings. The fraction of sp³-hybridized carbons (Fsp3) is 0.467. The van der Waals surface area contributed by atoms with Crippen LogP contribution in [0.3, 0.4) is 0 Å². The number of hydrogen-bond acceptors (Lipinski definition) is 6. The van der Waals surface area contributed by atoms with E-state index in [2.05, 4.69) is 30.7 Å². The largest absolute Gasteiger partial charge is 0.475 e. The Morgan fingerprint density at radius 2 is 2.04 bits per heavy atom. The zero-order valence-corrected chi connectivity index (χ0v) is 14.2. The highest BCUT2D eigenvalue weighted by molar-refractivity contribution is 5.79. The molecule has 0 saturated carbocycles. The molecule has 0 radical (unpaired) electrons. The second-order valence-corrected chi connectivity index (χ2v) is 4.93. The number of guanidine groups is 1. The van der Waals surface area contributed by atoms with Gasteiger partial charge in [-0.15, -0.1) is 0 Å². The van der Waals surface area contributed by atoms with Crippen LogP contribution in [-0.4, -0.2) is 53.1 Å². The molecule has 9 nitrogen and oxygen atoms in total. The molecule has 0 aliphatic rings. The number of ether oxygens (including phenoxy) is 2. The summed E-state index contributed by atoms with van der Waals surface area (Å²) < 4.78 is 12.1. The Labute approximate surface area is 141 Å². The third-order valence-corrected chi connectivity index (χ3v) is 3.24. The Bertz CT molecular complexity index is 640. The molecule has 2 aromatic heterocycles. The molecule has 0 spiro atoms. The van der Waals surface area contributed by atoms with Crippen LogP contribution in [0.1, 0.15) is 11.4 Å². The van der Waals surface area contributed by atoms with Crippen LogP contribution in [-0.2, 0) is 24.9 Å². The van der Waals surface area contributed by atoms with Gasteiger partial charge in [0.15, 0.2) is 5.96 Å². The van der Waals surface area contributed by atoms with E-state index in [0.717, 1.165) is 11.4 Å². The van der Waals surface area contributed by atoms with Crippen molar-refractivity contribution in [3.63, 3.8) is 0 Å². The second kappa shape index (κ2) is 9.46. The summed E-state index contributed by atoms with van der Waals surface area (Å²) >= 11 is 0. The highest BCUT2D eigenvalue weighted by Crippen LogP contribution is 2.07. The molecular weight excluding hydrogens is 310 g/mol. The van der Waals surface area contributed by atoms with E-state index >= 15 is 0 Å². The van der Waals surface area contributed by atoms with Crippen molar-refractivity contribution in [2.45, 2.75) is 13.1 Å². The van der Waals surface area contributed by atoms with E-state index in [9.17, 15) is 0 Å². The van der Waals surface area contributed by atoms with Gasteiger partial charge in [-0.05, 0) is 5.56 Å². The van der Waals surface area contributed by atoms with Crippen molar-refractivity contribution in [2.75, 3.05) is 27.4 Å². The third kappa shape index (κ3) is 5.51. The molecule has 9 heteroatoms. The normalized spacial score (nSPS) is 11.4. The van der Waals surface area contributed by atoms with Gasteiger partial charge in [0.2, 0.25) is 5.88 Å². The van der Waals surface area contributed by atoms with Gasteiger partial charge in [-0.1, -0.05) is 6.07 Å². The minimum absolute atomic E-state index is 0.486. The van der Waals surface area contributed by atoms with E-state index in [0.29, 0.717) is 38.1 Å². The number of methoxy groups -OCH3 is 1. The highest BCUT2D eigenvalue weighted by Gasteiger charge is 2.03. The molecule has 2 rings (SSSR count).